The number of alkyl halides is 2. The predicted octanol–water partition coefficient (Wildman–Crippen LogP) is 11.1. The van der Waals surface area contributed by atoms with E-state index in [1.807, 2.05) is 0 Å². The molecule has 0 amide bonds. The molecule has 1 unspecified atom stereocenters. The van der Waals surface area contributed by atoms with Gasteiger partial charge in [0.2, 0.25) is 0 Å². The normalized spacial score (nSPS) is 11.8. The maximum absolute atomic E-state index is 14.5. The molecule has 0 aliphatic rings. The third-order valence-corrected chi connectivity index (χ3v) is 9.49. The van der Waals surface area contributed by atoms with Gasteiger partial charge in [0.05, 0.1) is 26.4 Å². The van der Waals surface area contributed by atoms with E-state index >= 15 is 0 Å². The van der Waals surface area contributed by atoms with Crippen molar-refractivity contribution in [3.8, 4) is 0 Å². The van der Waals surface area contributed by atoms with Gasteiger partial charge in [-0.1, -0.05) is 90.5 Å². The second-order valence-electron chi connectivity index (χ2n) is 15.4. The van der Waals surface area contributed by atoms with Gasteiger partial charge >= 0.3 is 23.9 Å². The zero-order valence-corrected chi connectivity index (χ0v) is 35.3. The maximum Gasteiger partial charge on any atom is 0.333 e. The van der Waals surface area contributed by atoms with Crippen molar-refractivity contribution in [1.82, 2.24) is 0 Å². The molecule has 0 aliphatic carbocycles. The molecular weight excluding hydrogens is 722 g/mol. The lowest BCUT2D eigenvalue weighted by Crippen LogP contribution is -2.24. The van der Waals surface area contributed by atoms with E-state index in [0.717, 1.165) is 109 Å². The van der Waals surface area contributed by atoms with Crippen molar-refractivity contribution in [2.24, 2.45) is 11.8 Å². The summed E-state index contributed by atoms with van der Waals surface area (Å²) in [5.41, 5.74) is 1.51. The Labute approximate surface area is 337 Å². The lowest BCUT2D eigenvalue weighted by molar-refractivity contribution is -0.140. The van der Waals surface area contributed by atoms with E-state index in [1.165, 1.54) is 0 Å². The molecule has 0 saturated carbocycles. The molecule has 0 aromatic carbocycles. The minimum atomic E-state index is -2.85. The average Bonchev–Trinajstić information content (AvgIpc) is 3.13. The quantitative estimate of drug-likeness (QED) is 0.0262. The molecule has 1 atom stereocenters. The van der Waals surface area contributed by atoms with Crippen LogP contribution in [0.15, 0.2) is 48.6 Å². The first-order chi connectivity index (χ1) is 26.6. The van der Waals surface area contributed by atoms with Crippen LogP contribution in [-0.4, -0.2) is 69.4 Å². The molecule has 0 radical (unpaired) electrons. The number of ether oxygens (including phenoxy) is 5. The van der Waals surface area contributed by atoms with Crippen LogP contribution in [0.25, 0.3) is 0 Å². The Morgan fingerprint density at radius 3 is 1.12 bits per heavy atom. The van der Waals surface area contributed by atoms with Gasteiger partial charge in [0.1, 0.15) is 6.61 Å². The molecule has 56 heavy (non-hydrogen) atoms. The Balaban J connectivity index is 4.40. The Bertz CT molecular complexity index is 1160. The molecule has 0 fully saturated rings. The summed E-state index contributed by atoms with van der Waals surface area (Å²) in [6.45, 7) is 22.0. The van der Waals surface area contributed by atoms with Gasteiger partial charge in [0, 0.05) is 35.3 Å². The van der Waals surface area contributed by atoms with Crippen molar-refractivity contribution in [3.05, 3.63) is 48.6 Å². The number of carbonyl (C=O) groups is 4. The van der Waals surface area contributed by atoms with Crippen LogP contribution >= 0.6 is 0 Å². The van der Waals surface area contributed by atoms with Crippen LogP contribution in [0.3, 0.4) is 0 Å². The fraction of sp³-hybridized carbons (Fsp3) is 0.733. The highest BCUT2D eigenvalue weighted by Gasteiger charge is 2.28. The molecule has 0 aromatic heterocycles. The van der Waals surface area contributed by atoms with E-state index in [0.29, 0.717) is 80.0 Å². The molecule has 0 saturated heterocycles. The third-order valence-electron chi connectivity index (χ3n) is 9.49. The molecule has 0 rings (SSSR count). The van der Waals surface area contributed by atoms with E-state index < -0.39 is 18.5 Å². The van der Waals surface area contributed by atoms with Crippen LogP contribution in [0.4, 0.5) is 8.78 Å². The largest absolute Gasteiger partial charge is 0.462 e. The van der Waals surface area contributed by atoms with Crippen LogP contribution < -0.4 is 0 Å². The summed E-state index contributed by atoms with van der Waals surface area (Å²) in [5.74, 6) is -3.59. The number of carbonyl (C=O) groups excluding carboxylic acids is 4. The Morgan fingerprint density at radius 2 is 0.732 bits per heavy atom. The Kier molecular flexibility index (Phi) is 30.8. The first kappa shape index (κ1) is 52.7. The molecule has 0 spiro atoms. The standard InChI is InChI=1S/C45H74F2O9/c1-35(2)41(48)53-30-19-14-24-39(25-15-20-31-54-42(49)36(3)4)23-13-18-29-52-34-45(46,47)28-17-11-9-10-12-22-40(27-33-56-44(51)38(7)8)26-16-21-32-55-43(50)37(5)6/h39-40H,1,3,5,7,9-34H2,2,4,6,8H3. The predicted molar refractivity (Wildman–Crippen MR) is 218 cm³/mol. The van der Waals surface area contributed by atoms with E-state index in [1.54, 1.807) is 27.7 Å². The third kappa shape index (κ3) is 30.8. The summed E-state index contributed by atoms with van der Waals surface area (Å²) in [5, 5.41) is 0. The zero-order chi connectivity index (χ0) is 42.2. The van der Waals surface area contributed by atoms with Crippen LogP contribution in [-0.2, 0) is 42.9 Å². The summed E-state index contributed by atoms with van der Waals surface area (Å²) >= 11 is 0. The van der Waals surface area contributed by atoms with Crippen LogP contribution in [0.5, 0.6) is 0 Å². The Hall–Kier alpha value is -3.34. The highest BCUT2D eigenvalue weighted by Crippen LogP contribution is 2.26. The minimum absolute atomic E-state index is 0.189. The van der Waals surface area contributed by atoms with Crippen molar-refractivity contribution in [2.75, 3.05) is 39.6 Å². The monoisotopic (exact) mass is 797 g/mol. The van der Waals surface area contributed by atoms with Gasteiger partial charge < -0.3 is 23.7 Å². The van der Waals surface area contributed by atoms with E-state index in [2.05, 4.69) is 26.3 Å². The number of rotatable bonds is 37. The number of hydrogen-bond donors (Lipinski definition) is 0. The fourth-order valence-corrected chi connectivity index (χ4v) is 6.05. The molecule has 0 aromatic rings. The second-order valence-corrected chi connectivity index (χ2v) is 15.4. The second kappa shape index (κ2) is 32.7. The van der Waals surface area contributed by atoms with Gasteiger partial charge in [-0.15, -0.1) is 0 Å². The van der Waals surface area contributed by atoms with Gasteiger partial charge in [-0.3, -0.25) is 0 Å². The zero-order valence-electron chi connectivity index (χ0n) is 35.3. The highest BCUT2D eigenvalue weighted by molar-refractivity contribution is 5.88. The molecule has 322 valence electrons. The molecule has 0 aliphatic heterocycles. The van der Waals surface area contributed by atoms with Crippen LogP contribution in [0, 0.1) is 11.8 Å². The van der Waals surface area contributed by atoms with Crippen molar-refractivity contribution < 1.29 is 51.6 Å². The van der Waals surface area contributed by atoms with E-state index in [4.69, 9.17) is 23.7 Å². The molecule has 11 heteroatoms. The number of halogens is 2. The van der Waals surface area contributed by atoms with Crippen molar-refractivity contribution >= 4 is 23.9 Å². The van der Waals surface area contributed by atoms with Crippen LogP contribution in [0.2, 0.25) is 0 Å². The van der Waals surface area contributed by atoms with Crippen molar-refractivity contribution in [3.63, 3.8) is 0 Å². The van der Waals surface area contributed by atoms with Crippen LogP contribution in [0.1, 0.15) is 156 Å². The van der Waals surface area contributed by atoms with E-state index in [9.17, 15) is 28.0 Å². The minimum Gasteiger partial charge on any atom is -0.462 e. The Morgan fingerprint density at radius 1 is 0.429 bits per heavy atom. The summed E-state index contributed by atoms with van der Waals surface area (Å²) in [7, 11) is 0. The molecule has 0 bridgehead atoms. The van der Waals surface area contributed by atoms with Gasteiger partial charge in [-0.25, -0.2) is 28.0 Å². The number of unbranched alkanes of at least 4 members (excludes halogenated alkanes) is 8. The SMILES string of the molecule is C=C(C)C(=O)OCCCCC(CCCCOCC(F)(F)CCCCCCCC(CCCCOC(=O)C(=C)C)CCOC(=O)C(=C)C)CCCCOC(=O)C(=C)C. The average molecular weight is 797 g/mol. The first-order valence-electron chi connectivity index (χ1n) is 20.8. The lowest BCUT2D eigenvalue weighted by Gasteiger charge is -2.18. The maximum atomic E-state index is 14.5. The fourth-order valence-electron chi connectivity index (χ4n) is 6.05. The summed E-state index contributed by atoms with van der Waals surface area (Å²) < 4.78 is 55.4. The molecule has 9 nitrogen and oxygen atoms in total. The summed E-state index contributed by atoms with van der Waals surface area (Å²) in [4.78, 5) is 46.6. The topological polar surface area (TPSA) is 114 Å². The van der Waals surface area contributed by atoms with Gasteiger partial charge in [0.25, 0.3) is 5.92 Å². The van der Waals surface area contributed by atoms with Crippen molar-refractivity contribution in [1.29, 1.82) is 0 Å². The lowest BCUT2D eigenvalue weighted by atomic mass is 9.91. The van der Waals surface area contributed by atoms with Gasteiger partial charge in [-0.2, -0.15) is 0 Å². The number of esters is 4. The molecular formula is C45H74F2O9. The highest BCUT2D eigenvalue weighted by atomic mass is 19.3. The molecule has 0 N–H and O–H groups in total. The summed E-state index contributed by atoms with van der Waals surface area (Å²) in [6.07, 6.45) is 15.9. The van der Waals surface area contributed by atoms with Crippen molar-refractivity contribution in [2.45, 2.75) is 162 Å². The summed E-state index contributed by atoms with van der Waals surface area (Å²) in [6, 6.07) is 0. The smallest absolute Gasteiger partial charge is 0.333 e. The van der Waals surface area contributed by atoms with E-state index in [-0.39, 0.29) is 24.3 Å². The first-order valence-corrected chi connectivity index (χ1v) is 20.8. The number of hydrogen-bond acceptors (Lipinski definition) is 9. The molecule has 0 heterocycles. The van der Waals surface area contributed by atoms with Gasteiger partial charge in [-0.05, 0) is 97.3 Å². The van der Waals surface area contributed by atoms with Gasteiger partial charge in [0.15, 0.2) is 0 Å².